The summed E-state index contributed by atoms with van der Waals surface area (Å²) in [5.74, 6) is 0.360. The molecule has 18 heavy (non-hydrogen) atoms. The number of thiophene rings is 1. The van der Waals surface area contributed by atoms with E-state index in [4.69, 9.17) is 11.6 Å². The summed E-state index contributed by atoms with van der Waals surface area (Å²) in [4.78, 5) is 3.03. The molecule has 102 valence electrons. The van der Waals surface area contributed by atoms with Gasteiger partial charge in [0, 0.05) is 30.6 Å². The van der Waals surface area contributed by atoms with Crippen molar-refractivity contribution >= 4 is 33.0 Å². The van der Waals surface area contributed by atoms with E-state index in [2.05, 4.69) is 4.90 Å². The fourth-order valence-electron chi connectivity index (χ4n) is 2.16. The normalized spacial score (nSPS) is 23.4. The van der Waals surface area contributed by atoms with E-state index in [-0.39, 0.29) is 6.04 Å². The van der Waals surface area contributed by atoms with E-state index in [0.29, 0.717) is 16.6 Å². The van der Waals surface area contributed by atoms with Crippen molar-refractivity contribution < 1.29 is 8.42 Å². The van der Waals surface area contributed by atoms with Gasteiger partial charge in [-0.05, 0) is 26.1 Å². The molecule has 0 aromatic carbocycles. The highest BCUT2D eigenvalue weighted by molar-refractivity contribution is 7.91. The molecule has 2 rings (SSSR count). The molecule has 1 aromatic rings. The first kappa shape index (κ1) is 14.3. The Morgan fingerprint density at radius 3 is 2.72 bits per heavy atom. The summed E-state index contributed by atoms with van der Waals surface area (Å²) < 4.78 is 27.0. The summed E-state index contributed by atoms with van der Waals surface area (Å²) in [5.41, 5.74) is 0. The van der Waals surface area contributed by atoms with Crippen molar-refractivity contribution in [3.05, 3.63) is 17.0 Å². The largest absolute Gasteiger partial charge is 0.303 e. The minimum absolute atomic E-state index is 0.00954. The molecule has 1 aliphatic rings. The molecule has 2 heterocycles. The Labute approximate surface area is 117 Å². The fraction of sp³-hybridized carbons (Fsp3) is 0.636. The SMILES string of the molecule is CC1CN(C)CCN1S(=O)(=O)c1ccc(CCl)s1. The van der Waals surface area contributed by atoms with Crippen LogP contribution in [0.15, 0.2) is 16.3 Å². The van der Waals surface area contributed by atoms with Gasteiger partial charge in [-0.3, -0.25) is 0 Å². The molecule has 0 radical (unpaired) electrons. The number of halogens is 1. The van der Waals surface area contributed by atoms with Crippen LogP contribution in [0.1, 0.15) is 11.8 Å². The molecule has 0 bridgehead atoms. The highest BCUT2D eigenvalue weighted by Gasteiger charge is 2.33. The lowest BCUT2D eigenvalue weighted by Gasteiger charge is -2.36. The van der Waals surface area contributed by atoms with Gasteiger partial charge in [-0.2, -0.15) is 4.31 Å². The van der Waals surface area contributed by atoms with Gasteiger partial charge in [-0.1, -0.05) is 0 Å². The minimum Gasteiger partial charge on any atom is -0.303 e. The first-order valence-electron chi connectivity index (χ1n) is 5.80. The second-order valence-electron chi connectivity index (χ2n) is 4.58. The predicted molar refractivity (Wildman–Crippen MR) is 74.7 cm³/mol. The van der Waals surface area contributed by atoms with Crippen molar-refractivity contribution in [2.75, 3.05) is 26.7 Å². The molecule has 1 aromatic heterocycles. The van der Waals surface area contributed by atoms with Crippen LogP contribution in [0, 0.1) is 0 Å². The molecule has 0 amide bonds. The molecule has 0 N–H and O–H groups in total. The number of hydrogen-bond donors (Lipinski definition) is 0. The van der Waals surface area contributed by atoms with E-state index < -0.39 is 10.0 Å². The molecular formula is C11H17ClN2O2S2. The molecule has 0 saturated carbocycles. The third kappa shape index (κ3) is 2.72. The van der Waals surface area contributed by atoms with Crippen LogP contribution in [-0.4, -0.2) is 50.3 Å². The minimum atomic E-state index is -3.36. The molecule has 1 aliphatic heterocycles. The lowest BCUT2D eigenvalue weighted by Crippen LogP contribution is -2.52. The van der Waals surface area contributed by atoms with Crippen LogP contribution in [0.4, 0.5) is 0 Å². The molecule has 1 unspecified atom stereocenters. The maximum atomic E-state index is 12.5. The summed E-state index contributed by atoms with van der Waals surface area (Å²) >= 11 is 6.98. The monoisotopic (exact) mass is 308 g/mol. The number of hydrogen-bond acceptors (Lipinski definition) is 4. The Kier molecular flexibility index (Phi) is 4.33. The van der Waals surface area contributed by atoms with E-state index in [9.17, 15) is 8.42 Å². The van der Waals surface area contributed by atoms with Gasteiger partial charge >= 0.3 is 0 Å². The fourth-order valence-corrected chi connectivity index (χ4v) is 5.37. The third-order valence-electron chi connectivity index (χ3n) is 3.10. The summed E-state index contributed by atoms with van der Waals surface area (Å²) in [7, 11) is -1.35. The van der Waals surface area contributed by atoms with E-state index in [1.807, 2.05) is 14.0 Å². The average Bonchev–Trinajstić information content (AvgIpc) is 2.77. The lowest BCUT2D eigenvalue weighted by molar-refractivity contribution is 0.170. The summed E-state index contributed by atoms with van der Waals surface area (Å²) in [6, 6.07) is 3.45. The number of sulfonamides is 1. The zero-order valence-corrected chi connectivity index (χ0v) is 12.9. The average molecular weight is 309 g/mol. The number of alkyl halides is 1. The van der Waals surface area contributed by atoms with Gasteiger partial charge in [-0.25, -0.2) is 8.42 Å². The Hall–Kier alpha value is -0.140. The predicted octanol–water partition coefficient (Wildman–Crippen LogP) is 1.81. The molecule has 1 saturated heterocycles. The summed E-state index contributed by atoms with van der Waals surface area (Å²) in [6.07, 6.45) is 0. The maximum absolute atomic E-state index is 12.5. The van der Waals surface area contributed by atoms with Gasteiger partial charge in [0.25, 0.3) is 10.0 Å². The van der Waals surface area contributed by atoms with Gasteiger partial charge < -0.3 is 4.90 Å². The van der Waals surface area contributed by atoms with E-state index >= 15 is 0 Å². The molecule has 1 atom stereocenters. The number of likely N-dealkylation sites (N-methyl/N-ethyl adjacent to an activating group) is 1. The molecule has 0 spiro atoms. The van der Waals surface area contributed by atoms with Crippen molar-refractivity contribution in [1.82, 2.24) is 9.21 Å². The number of nitrogens with zero attached hydrogens (tertiary/aromatic N) is 2. The van der Waals surface area contributed by atoms with Gasteiger partial charge in [0.15, 0.2) is 0 Å². The van der Waals surface area contributed by atoms with E-state index in [1.165, 1.54) is 11.3 Å². The highest BCUT2D eigenvalue weighted by atomic mass is 35.5. The van der Waals surface area contributed by atoms with Gasteiger partial charge in [-0.15, -0.1) is 22.9 Å². The zero-order chi connectivity index (χ0) is 13.3. The number of rotatable bonds is 3. The van der Waals surface area contributed by atoms with Gasteiger partial charge in [0.1, 0.15) is 4.21 Å². The Balaban J connectivity index is 2.25. The second kappa shape index (κ2) is 5.46. The highest BCUT2D eigenvalue weighted by Crippen LogP contribution is 2.28. The quantitative estimate of drug-likeness (QED) is 0.800. The van der Waals surface area contributed by atoms with Crippen molar-refractivity contribution in [3.8, 4) is 0 Å². The second-order valence-corrected chi connectivity index (χ2v) is 8.13. The zero-order valence-electron chi connectivity index (χ0n) is 10.5. The summed E-state index contributed by atoms with van der Waals surface area (Å²) in [6.45, 7) is 4.04. The van der Waals surface area contributed by atoms with Crippen LogP contribution in [0.3, 0.4) is 0 Å². The third-order valence-corrected chi connectivity index (χ3v) is 7.11. The van der Waals surface area contributed by atoms with E-state index in [0.717, 1.165) is 18.0 Å². The molecule has 7 heteroatoms. The van der Waals surface area contributed by atoms with Crippen LogP contribution in [0.2, 0.25) is 0 Å². The molecule has 0 aliphatic carbocycles. The van der Waals surface area contributed by atoms with Crippen LogP contribution in [-0.2, 0) is 15.9 Å². The van der Waals surface area contributed by atoms with Crippen LogP contribution < -0.4 is 0 Å². The van der Waals surface area contributed by atoms with Crippen LogP contribution in [0.25, 0.3) is 0 Å². The molecular weight excluding hydrogens is 292 g/mol. The molecule has 1 fully saturated rings. The topological polar surface area (TPSA) is 40.6 Å². The van der Waals surface area contributed by atoms with Crippen molar-refractivity contribution in [1.29, 1.82) is 0 Å². The van der Waals surface area contributed by atoms with Gasteiger partial charge in [0.2, 0.25) is 0 Å². The van der Waals surface area contributed by atoms with E-state index in [1.54, 1.807) is 16.4 Å². The van der Waals surface area contributed by atoms with Crippen molar-refractivity contribution in [2.24, 2.45) is 0 Å². The smallest absolute Gasteiger partial charge is 0.252 e. The number of piperazine rings is 1. The van der Waals surface area contributed by atoms with Crippen LogP contribution >= 0.6 is 22.9 Å². The van der Waals surface area contributed by atoms with Crippen LogP contribution in [0.5, 0.6) is 0 Å². The first-order chi connectivity index (χ1) is 8.45. The Morgan fingerprint density at radius 1 is 1.44 bits per heavy atom. The first-order valence-corrected chi connectivity index (χ1v) is 8.59. The summed E-state index contributed by atoms with van der Waals surface area (Å²) in [5, 5.41) is 0. The lowest BCUT2D eigenvalue weighted by atomic mass is 10.2. The molecule has 4 nitrogen and oxygen atoms in total. The van der Waals surface area contributed by atoms with Gasteiger partial charge in [0.05, 0.1) is 5.88 Å². The Morgan fingerprint density at radius 2 is 2.17 bits per heavy atom. The Bertz CT molecular complexity index is 515. The van der Waals surface area contributed by atoms with Crippen molar-refractivity contribution in [2.45, 2.75) is 23.1 Å². The van der Waals surface area contributed by atoms with Crippen molar-refractivity contribution in [3.63, 3.8) is 0 Å². The standard InChI is InChI=1S/C11H17ClN2O2S2/c1-9-8-13(2)5-6-14(9)18(15,16)11-4-3-10(7-12)17-11/h3-4,9H,5-8H2,1-2H3. The maximum Gasteiger partial charge on any atom is 0.252 e.